The number of nitrogens with zero attached hydrogens (tertiary/aromatic N) is 4. The Morgan fingerprint density at radius 1 is 1.25 bits per heavy atom. The summed E-state index contributed by atoms with van der Waals surface area (Å²) in [7, 11) is 0. The Bertz CT molecular complexity index is 1120. The molecule has 0 aliphatic carbocycles. The molecule has 1 aromatic carbocycles. The van der Waals surface area contributed by atoms with Gasteiger partial charge in [-0.15, -0.1) is 6.42 Å². The van der Waals surface area contributed by atoms with Gasteiger partial charge in [0.1, 0.15) is 6.33 Å². The number of pyridine rings is 1. The van der Waals surface area contributed by atoms with Crippen LogP contribution in [0.3, 0.4) is 0 Å². The monoisotopic (exact) mass is 370 g/mol. The molecule has 3 heterocycles. The summed E-state index contributed by atoms with van der Waals surface area (Å²) in [4.78, 5) is 26.0. The number of hydrogen-bond acceptors (Lipinski definition) is 5. The molecule has 0 saturated heterocycles. The number of benzene rings is 1. The van der Waals surface area contributed by atoms with Crippen LogP contribution in [-0.2, 0) is 11.3 Å². The second-order valence-corrected chi connectivity index (χ2v) is 6.62. The highest BCUT2D eigenvalue weighted by molar-refractivity contribution is 6.14. The van der Waals surface area contributed by atoms with Gasteiger partial charge < -0.3 is 4.74 Å². The van der Waals surface area contributed by atoms with E-state index in [4.69, 9.17) is 16.2 Å². The van der Waals surface area contributed by atoms with E-state index in [1.165, 1.54) is 0 Å². The topological polar surface area (TPSA) is 69.4 Å². The van der Waals surface area contributed by atoms with Gasteiger partial charge in [-0.2, -0.15) is 0 Å². The van der Waals surface area contributed by atoms with Gasteiger partial charge in [-0.25, -0.2) is 9.78 Å². The number of imidazole rings is 1. The number of aliphatic imine (C=N–C) groups is 1. The van der Waals surface area contributed by atoms with Crippen molar-refractivity contribution in [3.8, 4) is 18.0 Å². The summed E-state index contributed by atoms with van der Waals surface area (Å²) >= 11 is 0. The molecular formula is C22H18N4O2. The van der Waals surface area contributed by atoms with E-state index in [1.807, 2.05) is 41.0 Å². The number of terminal acetylenes is 1. The van der Waals surface area contributed by atoms with Crippen molar-refractivity contribution in [1.82, 2.24) is 14.5 Å². The number of rotatable bonds is 3. The molecule has 3 aromatic rings. The minimum absolute atomic E-state index is 0.228. The van der Waals surface area contributed by atoms with Crippen molar-refractivity contribution in [2.75, 3.05) is 0 Å². The number of carbonyl (C=O) groups excluding carboxylic acids is 1. The fraction of sp³-hybridized carbons (Fsp3) is 0.182. The Labute approximate surface area is 162 Å². The third-order valence-electron chi connectivity index (χ3n) is 4.37. The van der Waals surface area contributed by atoms with Crippen LogP contribution in [0.25, 0.3) is 5.69 Å². The van der Waals surface area contributed by atoms with Gasteiger partial charge in [-0.05, 0) is 44.2 Å². The first kappa shape index (κ1) is 17.7. The zero-order valence-corrected chi connectivity index (χ0v) is 15.6. The predicted molar refractivity (Wildman–Crippen MR) is 106 cm³/mol. The lowest BCUT2D eigenvalue weighted by atomic mass is 10.0. The maximum Gasteiger partial charge on any atom is 0.359 e. The Hall–Kier alpha value is -3.72. The Balaban J connectivity index is 1.91. The van der Waals surface area contributed by atoms with Crippen LogP contribution in [-0.4, -0.2) is 32.3 Å². The van der Waals surface area contributed by atoms with E-state index in [1.54, 1.807) is 26.4 Å². The van der Waals surface area contributed by atoms with Crippen molar-refractivity contribution in [3.63, 3.8) is 0 Å². The number of aromatic nitrogens is 3. The summed E-state index contributed by atoms with van der Waals surface area (Å²) in [6, 6.07) is 11.3. The molecule has 0 unspecified atom stereocenters. The molecule has 4 rings (SSSR count). The summed E-state index contributed by atoms with van der Waals surface area (Å²) in [5.41, 5.74) is 4.83. The number of hydrogen-bond donors (Lipinski definition) is 0. The molecule has 6 nitrogen and oxygen atoms in total. The van der Waals surface area contributed by atoms with Crippen molar-refractivity contribution in [3.05, 3.63) is 77.1 Å². The molecular weight excluding hydrogens is 352 g/mol. The van der Waals surface area contributed by atoms with Crippen LogP contribution in [0.1, 0.15) is 46.9 Å². The third kappa shape index (κ3) is 3.08. The first-order chi connectivity index (χ1) is 13.6. The SMILES string of the molecule is C#Cc1ccc2c(c1)C(c1ccccn1)=NCc1c(C(=O)OC(C)C)ncn1-2. The highest BCUT2D eigenvalue weighted by atomic mass is 16.5. The molecule has 0 N–H and O–H groups in total. The van der Waals surface area contributed by atoms with Crippen LogP contribution in [0.15, 0.2) is 53.9 Å². The molecule has 6 heteroatoms. The lowest BCUT2D eigenvalue weighted by Crippen LogP contribution is -2.14. The lowest BCUT2D eigenvalue weighted by Gasteiger charge is -2.12. The first-order valence-electron chi connectivity index (χ1n) is 8.93. The smallest absolute Gasteiger partial charge is 0.359 e. The molecule has 1 aliphatic heterocycles. The van der Waals surface area contributed by atoms with Crippen molar-refractivity contribution >= 4 is 11.7 Å². The summed E-state index contributed by atoms with van der Waals surface area (Å²) in [5, 5.41) is 0. The molecule has 138 valence electrons. The molecule has 0 amide bonds. The largest absolute Gasteiger partial charge is 0.458 e. The molecule has 0 saturated carbocycles. The number of ether oxygens (including phenoxy) is 1. The predicted octanol–water partition coefficient (Wildman–Crippen LogP) is 3.16. The first-order valence-corrected chi connectivity index (χ1v) is 8.93. The maximum absolute atomic E-state index is 12.5. The number of carbonyl (C=O) groups is 1. The quantitative estimate of drug-likeness (QED) is 0.525. The normalized spacial score (nSPS) is 12.4. The second-order valence-electron chi connectivity index (χ2n) is 6.62. The molecule has 28 heavy (non-hydrogen) atoms. The summed E-state index contributed by atoms with van der Waals surface area (Å²) in [6.45, 7) is 3.88. The zero-order chi connectivity index (χ0) is 19.7. The fourth-order valence-electron chi connectivity index (χ4n) is 3.16. The van der Waals surface area contributed by atoms with E-state index in [0.29, 0.717) is 5.69 Å². The van der Waals surface area contributed by atoms with Gasteiger partial charge in [-0.3, -0.25) is 14.5 Å². The molecule has 0 fully saturated rings. The molecule has 0 bridgehead atoms. The van der Waals surface area contributed by atoms with Gasteiger partial charge in [-0.1, -0.05) is 12.0 Å². The van der Waals surface area contributed by atoms with E-state index < -0.39 is 5.97 Å². The second kappa shape index (κ2) is 7.12. The molecule has 0 radical (unpaired) electrons. The third-order valence-corrected chi connectivity index (χ3v) is 4.37. The average Bonchev–Trinajstić information content (AvgIpc) is 3.05. The Kier molecular flexibility index (Phi) is 4.50. The van der Waals surface area contributed by atoms with Crippen molar-refractivity contribution in [1.29, 1.82) is 0 Å². The average molecular weight is 370 g/mol. The summed E-state index contributed by atoms with van der Waals surface area (Å²) in [5.74, 6) is 2.21. The maximum atomic E-state index is 12.5. The van der Waals surface area contributed by atoms with Gasteiger partial charge in [0.25, 0.3) is 0 Å². The van der Waals surface area contributed by atoms with E-state index in [-0.39, 0.29) is 18.3 Å². The summed E-state index contributed by atoms with van der Waals surface area (Å²) < 4.78 is 7.20. The van der Waals surface area contributed by atoms with Gasteiger partial charge in [0.15, 0.2) is 5.69 Å². The van der Waals surface area contributed by atoms with Gasteiger partial charge in [0.05, 0.1) is 35.4 Å². The highest BCUT2D eigenvalue weighted by Gasteiger charge is 2.26. The molecule has 2 aromatic heterocycles. The van der Waals surface area contributed by atoms with E-state index in [0.717, 1.165) is 28.2 Å². The van der Waals surface area contributed by atoms with Crippen molar-refractivity contribution in [2.24, 2.45) is 4.99 Å². The van der Waals surface area contributed by atoms with E-state index >= 15 is 0 Å². The Morgan fingerprint density at radius 3 is 2.82 bits per heavy atom. The highest BCUT2D eigenvalue weighted by Crippen LogP contribution is 2.27. The van der Waals surface area contributed by atoms with Gasteiger partial charge >= 0.3 is 5.97 Å². The fourth-order valence-corrected chi connectivity index (χ4v) is 3.16. The molecule has 1 aliphatic rings. The van der Waals surface area contributed by atoms with Crippen molar-refractivity contribution < 1.29 is 9.53 Å². The van der Waals surface area contributed by atoms with Crippen molar-refractivity contribution in [2.45, 2.75) is 26.5 Å². The van der Waals surface area contributed by atoms with E-state index in [9.17, 15) is 4.79 Å². The number of esters is 1. The standard InChI is InChI=1S/C22H18N4O2/c1-4-15-8-9-18-16(11-15)20(17-7-5-6-10-23-17)24-12-19-21(25-13-26(18)19)22(27)28-14(2)3/h1,5-11,13-14H,12H2,2-3H3. The van der Waals surface area contributed by atoms with Crippen LogP contribution < -0.4 is 0 Å². The summed E-state index contributed by atoms with van der Waals surface area (Å²) in [6.07, 6.45) is 8.72. The number of fused-ring (bicyclic) bond motifs is 3. The van der Waals surface area contributed by atoms with Crippen LogP contribution in [0, 0.1) is 12.3 Å². The lowest BCUT2D eigenvalue weighted by molar-refractivity contribution is 0.0370. The van der Waals surface area contributed by atoms with Crippen LogP contribution >= 0.6 is 0 Å². The Morgan fingerprint density at radius 2 is 2.11 bits per heavy atom. The van der Waals surface area contributed by atoms with Crippen LogP contribution in [0.4, 0.5) is 0 Å². The molecule has 0 spiro atoms. The van der Waals surface area contributed by atoms with Crippen LogP contribution in [0.5, 0.6) is 0 Å². The van der Waals surface area contributed by atoms with Gasteiger partial charge in [0.2, 0.25) is 0 Å². The minimum atomic E-state index is -0.456. The van der Waals surface area contributed by atoms with E-state index in [2.05, 4.69) is 15.9 Å². The minimum Gasteiger partial charge on any atom is -0.458 e. The zero-order valence-electron chi connectivity index (χ0n) is 15.6. The van der Waals surface area contributed by atoms with Crippen LogP contribution in [0.2, 0.25) is 0 Å². The molecule has 0 atom stereocenters. The van der Waals surface area contributed by atoms with Gasteiger partial charge in [0, 0.05) is 17.3 Å².